The second-order valence-corrected chi connectivity index (χ2v) is 9.33. The molecule has 0 aliphatic carbocycles. The third-order valence-corrected chi connectivity index (χ3v) is 5.75. The molecule has 0 aromatic heterocycles. The molecule has 0 atom stereocenters. The van der Waals surface area contributed by atoms with Gasteiger partial charge in [-0.2, -0.15) is 0 Å². The van der Waals surface area contributed by atoms with Crippen molar-refractivity contribution in [3.05, 3.63) is 71.1 Å². The molecular weight excluding hydrogens is 352 g/mol. The lowest BCUT2D eigenvalue weighted by atomic mass is 9.92. The van der Waals surface area contributed by atoms with E-state index in [1.807, 2.05) is 0 Å². The number of hydrogen-bond donors (Lipinski definition) is 0. The molecule has 1 aliphatic heterocycles. The van der Waals surface area contributed by atoms with Gasteiger partial charge in [0.2, 0.25) is 11.4 Å². The Bertz CT molecular complexity index is 867. The monoisotopic (exact) mass is 388 g/mol. The fourth-order valence-corrected chi connectivity index (χ4v) is 4.14. The van der Waals surface area contributed by atoms with Crippen molar-refractivity contribution in [3.8, 4) is 0 Å². The van der Waals surface area contributed by atoms with E-state index >= 15 is 0 Å². The van der Waals surface area contributed by atoms with Crippen molar-refractivity contribution in [2.24, 2.45) is 0 Å². The average Bonchev–Trinajstić information content (AvgIpc) is 3.15. The van der Waals surface area contributed by atoms with Gasteiger partial charge in [-0.25, -0.2) is 0 Å². The molecule has 2 nitrogen and oxygen atoms in total. The van der Waals surface area contributed by atoms with Crippen molar-refractivity contribution in [1.29, 1.82) is 0 Å². The molecule has 152 valence electrons. The molecule has 1 heterocycles. The highest BCUT2D eigenvalue weighted by Gasteiger charge is 2.31. The zero-order chi connectivity index (χ0) is 21.3. The van der Waals surface area contributed by atoms with E-state index in [0.717, 1.165) is 0 Å². The first-order chi connectivity index (χ1) is 13.7. The molecule has 0 unspecified atom stereocenters. The van der Waals surface area contributed by atoms with Crippen molar-refractivity contribution < 1.29 is 9.15 Å². The average molecular weight is 389 g/mol. The van der Waals surface area contributed by atoms with Crippen LogP contribution in [-0.2, 0) is 0 Å². The Morgan fingerprint density at radius 1 is 0.517 bits per heavy atom. The molecule has 1 aliphatic rings. The predicted octanol–water partition coefficient (Wildman–Crippen LogP) is 7.83. The first kappa shape index (κ1) is 21.3. The molecule has 0 fully saturated rings. The molecule has 0 amide bonds. The molecule has 0 N–H and O–H groups in total. The van der Waals surface area contributed by atoms with Crippen LogP contribution in [0.5, 0.6) is 0 Å². The summed E-state index contributed by atoms with van der Waals surface area (Å²) in [5.74, 6) is 1.84. The minimum absolute atomic E-state index is 0.460. The smallest absolute Gasteiger partial charge is 0.0612 e. The van der Waals surface area contributed by atoms with Gasteiger partial charge >= 0.3 is 6.01 Å². The van der Waals surface area contributed by atoms with Gasteiger partial charge in [0.25, 0.3) is 12.4 Å². The topological polar surface area (TPSA) is 6.02 Å². The van der Waals surface area contributed by atoms with Crippen LogP contribution in [0.1, 0.15) is 101 Å². The quantitative estimate of drug-likeness (QED) is 0.445. The Morgan fingerprint density at radius 3 is 1.03 bits per heavy atom. The van der Waals surface area contributed by atoms with E-state index in [1.54, 1.807) is 0 Å². The van der Waals surface area contributed by atoms with Crippen LogP contribution in [0.4, 0.5) is 11.4 Å². The SMILES string of the molecule is CC(C)c1cccc(C(C)C)c1[N+]1=C=[N+](c2c(C(C)C)cccc2C(C)C)C=C1. The number of hydrogen-bond acceptors (Lipinski definition) is 0. The summed E-state index contributed by atoms with van der Waals surface area (Å²) in [6, 6.07) is 17.1. The van der Waals surface area contributed by atoms with Crippen molar-refractivity contribution in [1.82, 2.24) is 0 Å². The van der Waals surface area contributed by atoms with Crippen LogP contribution in [0.15, 0.2) is 48.8 Å². The number of nitrogens with zero attached hydrogens (tertiary/aromatic N) is 2. The third-order valence-electron chi connectivity index (χ3n) is 5.75. The Balaban J connectivity index is 2.30. The fourth-order valence-electron chi connectivity index (χ4n) is 4.14. The fraction of sp³-hybridized carbons (Fsp3) is 0.444. The number of rotatable bonds is 6. The number of para-hydroxylation sites is 2. The molecule has 2 heteroatoms. The molecule has 0 spiro atoms. The lowest BCUT2D eigenvalue weighted by Crippen LogP contribution is -2.07. The molecule has 0 radical (unpaired) electrons. The highest BCUT2D eigenvalue weighted by atomic mass is 15.1. The van der Waals surface area contributed by atoms with E-state index in [9.17, 15) is 0 Å². The van der Waals surface area contributed by atoms with Gasteiger partial charge in [0, 0.05) is 22.3 Å². The summed E-state index contributed by atoms with van der Waals surface area (Å²) >= 11 is 0. The highest BCUT2D eigenvalue weighted by molar-refractivity contribution is 5.57. The summed E-state index contributed by atoms with van der Waals surface area (Å²) in [4.78, 5) is 0. The molecule has 3 rings (SSSR count). The van der Waals surface area contributed by atoms with E-state index in [1.165, 1.54) is 33.6 Å². The normalized spacial score (nSPS) is 13.8. The Hall–Kier alpha value is -2.44. The summed E-state index contributed by atoms with van der Waals surface area (Å²) in [5, 5.41) is 0. The van der Waals surface area contributed by atoms with Gasteiger partial charge in [0.05, 0.1) is 0 Å². The minimum Gasteiger partial charge on any atom is -0.0612 e. The van der Waals surface area contributed by atoms with Crippen molar-refractivity contribution in [2.75, 3.05) is 0 Å². The van der Waals surface area contributed by atoms with Crippen LogP contribution in [0.3, 0.4) is 0 Å². The molecule has 2 aromatic carbocycles. The van der Waals surface area contributed by atoms with Gasteiger partial charge in [0.1, 0.15) is 0 Å². The van der Waals surface area contributed by atoms with E-state index in [4.69, 9.17) is 0 Å². The van der Waals surface area contributed by atoms with Gasteiger partial charge < -0.3 is 0 Å². The standard InChI is InChI=1S/C27H36N2/c1-18(2)22-11-9-12-23(19(3)4)26(22)28-15-16-29(17-28)27-24(20(5)6)13-10-14-25(27)21(7)8/h9-16,18-21H,1-8H3/q+2. The second-order valence-electron chi connectivity index (χ2n) is 9.33. The van der Waals surface area contributed by atoms with Gasteiger partial charge in [-0.3, -0.25) is 0 Å². The second kappa shape index (κ2) is 8.51. The number of benzene rings is 2. The van der Waals surface area contributed by atoms with Crippen LogP contribution in [-0.4, -0.2) is 15.2 Å². The summed E-state index contributed by atoms with van der Waals surface area (Å²) in [6.45, 7) is 18.2. The maximum Gasteiger partial charge on any atom is 0.501 e. The first-order valence-corrected chi connectivity index (χ1v) is 11.0. The van der Waals surface area contributed by atoms with E-state index in [0.29, 0.717) is 23.7 Å². The molecule has 0 bridgehead atoms. The van der Waals surface area contributed by atoms with Crippen molar-refractivity contribution >= 4 is 17.4 Å². The minimum atomic E-state index is 0.460. The third kappa shape index (κ3) is 4.14. The molecule has 2 aromatic rings. The largest absolute Gasteiger partial charge is 0.501 e. The van der Waals surface area contributed by atoms with Gasteiger partial charge in [0.15, 0.2) is 0 Å². The summed E-state index contributed by atoms with van der Waals surface area (Å²) < 4.78 is 4.40. The Morgan fingerprint density at radius 2 is 0.793 bits per heavy atom. The van der Waals surface area contributed by atoms with E-state index < -0.39 is 0 Å². The van der Waals surface area contributed by atoms with Crippen LogP contribution in [0, 0.1) is 0 Å². The van der Waals surface area contributed by atoms with Gasteiger partial charge in [-0.05, 0) is 23.7 Å². The van der Waals surface area contributed by atoms with Crippen molar-refractivity contribution in [3.63, 3.8) is 0 Å². The van der Waals surface area contributed by atoms with Crippen LogP contribution in [0.25, 0.3) is 0 Å². The summed E-state index contributed by atoms with van der Waals surface area (Å²) in [5.41, 5.74) is 8.05. The molecule has 29 heavy (non-hydrogen) atoms. The van der Waals surface area contributed by atoms with Crippen LogP contribution in [0.2, 0.25) is 0 Å². The lowest BCUT2D eigenvalue weighted by Gasteiger charge is -2.13. The Kier molecular flexibility index (Phi) is 6.24. The van der Waals surface area contributed by atoms with E-state index in [2.05, 4.69) is 119 Å². The maximum atomic E-state index is 3.66. The summed E-state index contributed by atoms with van der Waals surface area (Å²) in [7, 11) is 0. The lowest BCUT2D eigenvalue weighted by molar-refractivity contribution is -0.388. The molecular formula is C27H36N2+2. The van der Waals surface area contributed by atoms with Gasteiger partial charge in [-0.1, -0.05) is 101 Å². The van der Waals surface area contributed by atoms with Crippen molar-refractivity contribution in [2.45, 2.75) is 79.1 Å². The zero-order valence-corrected chi connectivity index (χ0v) is 19.3. The highest BCUT2D eigenvalue weighted by Crippen LogP contribution is 2.37. The Labute approximate surface area is 176 Å². The predicted molar refractivity (Wildman–Crippen MR) is 123 cm³/mol. The van der Waals surface area contributed by atoms with Gasteiger partial charge in [-0.15, -0.1) is 0 Å². The maximum absolute atomic E-state index is 3.66. The van der Waals surface area contributed by atoms with E-state index in [-0.39, 0.29) is 0 Å². The molecule has 0 saturated heterocycles. The van der Waals surface area contributed by atoms with Crippen LogP contribution < -0.4 is 0 Å². The van der Waals surface area contributed by atoms with Crippen LogP contribution >= 0.6 is 0 Å². The zero-order valence-electron chi connectivity index (χ0n) is 19.3. The summed E-state index contributed by atoms with van der Waals surface area (Å²) in [6.07, 6.45) is 4.32. The first-order valence-electron chi connectivity index (χ1n) is 11.0. The molecule has 0 saturated carbocycles.